The molecule has 0 amide bonds. The van der Waals surface area contributed by atoms with Crippen LogP contribution < -0.4 is 5.73 Å². The highest BCUT2D eigenvalue weighted by atomic mass is 32.2. The van der Waals surface area contributed by atoms with Gasteiger partial charge in [0.15, 0.2) is 0 Å². The lowest BCUT2D eigenvalue weighted by atomic mass is 10.5. The number of nitrogens with zero attached hydrogens (tertiary/aromatic N) is 2. The summed E-state index contributed by atoms with van der Waals surface area (Å²) < 4.78 is 35.1. The topological polar surface area (TPSA) is 51.8 Å². The van der Waals surface area contributed by atoms with Crippen molar-refractivity contribution in [3.8, 4) is 0 Å². The van der Waals surface area contributed by atoms with Crippen LogP contribution in [0.2, 0.25) is 0 Å². The summed E-state index contributed by atoms with van der Waals surface area (Å²) in [5, 5.41) is 6.29. The third-order valence-electron chi connectivity index (χ3n) is 0.881. The molecule has 3 nitrogen and oxygen atoms in total. The zero-order chi connectivity index (χ0) is 9.19. The standard InChI is InChI=1S/C5H4F3N3S/c6-5(7,8)12-4-2-1-3(9)10-11-4/h1-2H,(H2,9,10). The molecule has 0 saturated carbocycles. The smallest absolute Gasteiger partial charge is 0.382 e. The van der Waals surface area contributed by atoms with Gasteiger partial charge >= 0.3 is 5.51 Å². The van der Waals surface area contributed by atoms with Crippen molar-refractivity contribution in [3.63, 3.8) is 0 Å². The van der Waals surface area contributed by atoms with E-state index in [2.05, 4.69) is 10.2 Å². The minimum absolute atomic E-state index is 0.0986. The third-order valence-corrected chi connectivity index (χ3v) is 1.54. The first-order valence-corrected chi connectivity index (χ1v) is 3.64. The van der Waals surface area contributed by atoms with E-state index in [0.29, 0.717) is 0 Å². The fourth-order valence-corrected chi connectivity index (χ4v) is 0.958. The van der Waals surface area contributed by atoms with Gasteiger partial charge in [0.1, 0.15) is 10.8 Å². The number of aromatic nitrogens is 2. The molecule has 0 fully saturated rings. The van der Waals surface area contributed by atoms with E-state index in [1.54, 1.807) is 0 Å². The maximum atomic E-state index is 11.7. The highest BCUT2D eigenvalue weighted by Gasteiger charge is 2.30. The molecule has 2 N–H and O–H groups in total. The Morgan fingerprint density at radius 1 is 1.25 bits per heavy atom. The van der Waals surface area contributed by atoms with Crippen LogP contribution >= 0.6 is 11.8 Å². The van der Waals surface area contributed by atoms with Crippen molar-refractivity contribution in [2.75, 3.05) is 5.73 Å². The average Bonchev–Trinajstić information content (AvgIpc) is 1.91. The summed E-state index contributed by atoms with van der Waals surface area (Å²) in [6.07, 6.45) is 0. The number of hydrogen-bond acceptors (Lipinski definition) is 4. The number of nitrogens with two attached hydrogens (primary N) is 1. The van der Waals surface area contributed by atoms with Crippen LogP contribution in [0.4, 0.5) is 19.0 Å². The summed E-state index contributed by atoms with van der Waals surface area (Å²) in [6.45, 7) is 0. The summed E-state index contributed by atoms with van der Waals surface area (Å²) in [5.41, 5.74) is 0.798. The Labute approximate surface area is 70.2 Å². The fraction of sp³-hybridized carbons (Fsp3) is 0.200. The van der Waals surface area contributed by atoms with Crippen molar-refractivity contribution >= 4 is 17.6 Å². The Kier molecular flexibility index (Phi) is 2.41. The number of nitrogen functional groups attached to an aromatic ring is 1. The lowest BCUT2D eigenvalue weighted by Gasteiger charge is -2.02. The molecule has 0 aliphatic heterocycles. The van der Waals surface area contributed by atoms with Crippen molar-refractivity contribution in [1.29, 1.82) is 0 Å². The van der Waals surface area contributed by atoms with Crippen LogP contribution in [0.5, 0.6) is 0 Å². The van der Waals surface area contributed by atoms with Crippen molar-refractivity contribution in [2.24, 2.45) is 0 Å². The van der Waals surface area contributed by atoms with E-state index in [4.69, 9.17) is 5.73 Å². The van der Waals surface area contributed by atoms with E-state index in [1.165, 1.54) is 12.1 Å². The number of halogens is 3. The number of rotatable bonds is 1. The van der Waals surface area contributed by atoms with Crippen LogP contribution in [0.15, 0.2) is 17.2 Å². The van der Waals surface area contributed by atoms with Crippen LogP contribution in [0.25, 0.3) is 0 Å². The van der Waals surface area contributed by atoms with E-state index < -0.39 is 5.51 Å². The molecule has 1 aromatic heterocycles. The minimum atomic E-state index is -4.33. The first kappa shape index (κ1) is 9.11. The van der Waals surface area contributed by atoms with Gasteiger partial charge in [-0.1, -0.05) is 0 Å². The molecule has 0 spiro atoms. The molecule has 0 saturated heterocycles. The van der Waals surface area contributed by atoms with Crippen molar-refractivity contribution < 1.29 is 13.2 Å². The number of hydrogen-bond donors (Lipinski definition) is 1. The first-order valence-electron chi connectivity index (χ1n) is 2.82. The van der Waals surface area contributed by atoms with Gasteiger partial charge in [-0.05, 0) is 12.1 Å². The second-order valence-electron chi connectivity index (χ2n) is 1.84. The minimum Gasteiger partial charge on any atom is -0.382 e. The van der Waals surface area contributed by atoms with Gasteiger partial charge in [-0.25, -0.2) is 0 Å². The molecule has 7 heteroatoms. The van der Waals surface area contributed by atoms with Gasteiger partial charge in [0.05, 0.1) is 0 Å². The largest absolute Gasteiger partial charge is 0.447 e. The summed E-state index contributed by atoms with van der Waals surface area (Å²) in [4.78, 5) is 0. The van der Waals surface area contributed by atoms with Gasteiger partial charge in [0.2, 0.25) is 0 Å². The summed E-state index contributed by atoms with van der Waals surface area (Å²) in [7, 11) is 0. The predicted octanol–water partition coefficient (Wildman–Crippen LogP) is 1.67. The second-order valence-corrected chi connectivity index (χ2v) is 2.93. The van der Waals surface area contributed by atoms with Gasteiger partial charge in [-0.15, -0.1) is 10.2 Å². The molecule has 0 radical (unpaired) electrons. The average molecular weight is 195 g/mol. The molecule has 1 aromatic rings. The molecule has 0 unspecified atom stereocenters. The van der Waals surface area contributed by atoms with Crippen molar-refractivity contribution in [1.82, 2.24) is 10.2 Å². The Bertz CT molecular complexity index is 258. The molecule has 1 heterocycles. The van der Waals surface area contributed by atoms with E-state index in [1.807, 2.05) is 0 Å². The third kappa shape index (κ3) is 2.95. The molecule has 12 heavy (non-hydrogen) atoms. The van der Waals surface area contributed by atoms with E-state index in [-0.39, 0.29) is 22.6 Å². The highest BCUT2D eigenvalue weighted by Crippen LogP contribution is 2.35. The SMILES string of the molecule is Nc1ccc(SC(F)(F)F)nn1. The Morgan fingerprint density at radius 3 is 2.33 bits per heavy atom. The molecule has 0 atom stereocenters. The van der Waals surface area contributed by atoms with Gasteiger partial charge in [-0.2, -0.15) is 13.2 Å². The maximum absolute atomic E-state index is 11.7. The van der Waals surface area contributed by atoms with E-state index in [9.17, 15) is 13.2 Å². The fourth-order valence-electron chi connectivity index (χ4n) is 0.503. The summed E-state index contributed by atoms with van der Waals surface area (Å²) >= 11 is -0.320. The Hall–Kier alpha value is -0.980. The number of anilines is 1. The van der Waals surface area contributed by atoms with Gasteiger partial charge in [0, 0.05) is 11.8 Å². The van der Waals surface area contributed by atoms with E-state index >= 15 is 0 Å². The molecule has 0 aliphatic carbocycles. The van der Waals surface area contributed by atoms with Crippen LogP contribution in [-0.4, -0.2) is 15.7 Å². The zero-order valence-electron chi connectivity index (χ0n) is 5.67. The van der Waals surface area contributed by atoms with Crippen LogP contribution in [0.1, 0.15) is 0 Å². The monoisotopic (exact) mass is 195 g/mol. The Morgan fingerprint density at radius 2 is 1.92 bits per heavy atom. The molecule has 0 aromatic carbocycles. The van der Waals surface area contributed by atoms with Crippen molar-refractivity contribution in [2.45, 2.75) is 10.5 Å². The molecule has 1 rings (SSSR count). The van der Waals surface area contributed by atoms with Gasteiger partial charge in [-0.3, -0.25) is 0 Å². The van der Waals surface area contributed by atoms with Gasteiger partial charge in [0.25, 0.3) is 0 Å². The molecular formula is C5H4F3N3S. The molecule has 0 aliphatic rings. The first-order chi connectivity index (χ1) is 5.47. The Balaban J connectivity index is 2.71. The van der Waals surface area contributed by atoms with Crippen LogP contribution in [0, 0.1) is 0 Å². The predicted molar refractivity (Wildman–Crippen MR) is 38.4 cm³/mol. The molecule has 66 valence electrons. The van der Waals surface area contributed by atoms with Gasteiger partial charge < -0.3 is 5.73 Å². The van der Waals surface area contributed by atoms with Crippen molar-refractivity contribution in [3.05, 3.63) is 12.1 Å². The highest BCUT2D eigenvalue weighted by molar-refractivity contribution is 8.00. The lowest BCUT2D eigenvalue weighted by Crippen LogP contribution is -2.01. The van der Waals surface area contributed by atoms with Crippen LogP contribution in [0.3, 0.4) is 0 Å². The summed E-state index contributed by atoms with van der Waals surface area (Å²) in [5.74, 6) is 0.0986. The quantitative estimate of drug-likeness (QED) is 0.692. The second kappa shape index (κ2) is 3.18. The maximum Gasteiger partial charge on any atom is 0.447 e. The van der Waals surface area contributed by atoms with Crippen LogP contribution in [-0.2, 0) is 0 Å². The molecular weight excluding hydrogens is 191 g/mol. The lowest BCUT2D eigenvalue weighted by molar-refractivity contribution is -0.0329. The van der Waals surface area contributed by atoms with E-state index in [0.717, 1.165) is 0 Å². The number of thioether (sulfide) groups is 1. The number of alkyl halides is 3. The molecule has 0 bridgehead atoms. The zero-order valence-corrected chi connectivity index (χ0v) is 6.49. The normalized spacial score (nSPS) is 11.6. The summed E-state index contributed by atoms with van der Waals surface area (Å²) in [6, 6.07) is 2.43.